The highest BCUT2D eigenvalue weighted by Crippen LogP contribution is 2.26. The van der Waals surface area contributed by atoms with Gasteiger partial charge in [-0.1, -0.05) is 12.1 Å². The van der Waals surface area contributed by atoms with Gasteiger partial charge in [-0.05, 0) is 43.2 Å². The van der Waals surface area contributed by atoms with E-state index in [2.05, 4.69) is 14.6 Å². The molecule has 0 amide bonds. The van der Waals surface area contributed by atoms with Crippen molar-refractivity contribution in [1.29, 1.82) is 0 Å². The number of benzene rings is 1. The minimum absolute atomic E-state index is 0.151. The highest BCUT2D eigenvalue weighted by atomic mass is 32.2. The first-order valence-corrected chi connectivity index (χ1v) is 9.31. The van der Waals surface area contributed by atoms with Crippen molar-refractivity contribution in [2.75, 3.05) is 25.1 Å². The van der Waals surface area contributed by atoms with E-state index in [1.807, 2.05) is 31.2 Å². The van der Waals surface area contributed by atoms with E-state index in [0.29, 0.717) is 12.3 Å². The van der Waals surface area contributed by atoms with Crippen molar-refractivity contribution in [3.8, 4) is 5.75 Å². The van der Waals surface area contributed by atoms with Gasteiger partial charge in [0.25, 0.3) is 0 Å². The standard InChI is InChI=1S/C17H21N3O3S/c1-13-6-7-15(23-2)16(11-13)24(21,22)19-14-8-10-20(12-14)17-5-3-4-9-18-17/h3-7,9,11,14,19H,8,10,12H2,1-2H3/t14-/m1/s1. The first-order valence-electron chi connectivity index (χ1n) is 7.82. The topological polar surface area (TPSA) is 71.5 Å². The Labute approximate surface area is 142 Å². The van der Waals surface area contributed by atoms with Crippen LogP contribution in [0, 0.1) is 6.92 Å². The number of pyridine rings is 1. The van der Waals surface area contributed by atoms with Gasteiger partial charge >= 0.3 is 0 Å². The molecule has 0 bridgehead atoms. The van der Waals surface area contributed by atoms with Gasteiger partial charge in [0.05, 0.1) is 7.11 Å². The van der Waals surface area contributed by atoms with Gasteiger partial charge in [0.1, 0.15) is 16.5 Å². The second-order valence-corrected chi connectivity index (χ2v) is 7.58. The Balaban J connectivity index is 1.75. The zero-order valence-corrected chi connectivity index (χ0v) is 14.6. The van der Waals surface area contributed by atoms with E-state index in [1.54, 1.807) is 18.3 Å². The molecule has 0 aliphatic carbocycles. The number of nitrogens with zero attached hydrogens (tertiary/aromatic N) is 2. The molecule has 1 aromatic heterocycles. The van der Waals surface area contributed by atoms with E-state index < -0.39 is 10.0 Å². The second-order valence-electron chi connectivity index (χ2n) is 5.90. The molecule has 3 rings (SSSR count). The molecule has 1 aromatic carbocycles. The maximum absolute atomic E-state index is 12.7. The summed E-state index contributed by atoms with van der Waals surface area (Å²) in [6, 6.07) is 10.7. The second kappa shape index (κ2) is 6.78. The smallest absolute Gasteiger partial charge is 0.244 e. The molecule has 1 N–H and O–H groups in total. The number of methoxy groups -OCH3 is 1. The number of nitrogens with one attached hydrogen (secondary N) is 1. The van der Waals surface area contributed by atoms with Crippen LogP contribution >= 0.6 is 0 Å². The summed E-state index contributed by atoms with van der Waals surface area (Å²) < 4.78 is 33.5. The minimum atomic E-state index is -3.64. The highest BCUT2D eigenvalue weighted by Gasteiger charge is 2.29. The lowest BCUT2D eigenvalue weighted by Crippen LogP contribution is -2.37. The van der Waals surface area contributed by atoms with Crippen LogP contribution in [-0.4, -0.2) is 39.6 Å². The van der Waals surface area contributed by atoms with Gasteiger partial charge in [0.15, 0.2) is 0 Å². The molecule has 128 valence electrons. The van der Waals surface area contributed by atoms with Crippen molar-refractivity contribution in [3.05, 3.63) is 48.2 Å². The molecular weight excluding hydrogens is 326 g/mol. The predicted octanol–water partition coefficient (Wildman–Crippen LogP) is 1.96. The fourth-order valence-corrected chi connectivity index (χ4v) is 4.40. The zero-order valence-electron chi connectivity index (χ0n) is 13.8. The summed E-state index contributed by atoms with van der Waals surface area (Å²) in [4.78, 5) is 6.58. The van der Waals surface area contributed by atoms with Gasteiger partial charge in [0.2, 0.25) is 10.0 Å². The van der Waals surface area contributed by atoms with Gasteiger partial charge < -0.3 is 9.64 Å². The van der Waals surface area contributed by atoms with E-state index in [0.717, 1.165) is 24.3 Å². The van der Waals surface area contributed by atoms with E-state index in [1.165, 1.54) is 7.11 Å². The van der Waals surface area contributed by atoms with Gasteiger partial charge in [-0.15, -0.1) is 0 Å². The molecular formula is C17H21N3O3S. The van der Waals surface area contributed by atoms with E-state index in [-0.39, 0.29) is 10.9 Å². The number of aromatic nitrogens is 1. The van der Waals surface area contributed by atoms with Gasteiger partial charge in [-0.3, -0.25) is 0 Å². The molecule has 0 spiro atoms. The lowest BCUT2D eigenvalue weighted by molar-refractivity contribution is 0.402. The molecule has 7 heteroatoms. The van der Waals surface area contributed by atoms with Crippen LogP contribution in [0.4, 0.5) is 5.82 Å². The lowest BCUT2D eigenvalue weighted by Gasteiger charge is -2.18. The largest absolute Gasteiger partial charge is 0.495 e. The van der Waals surface area contributed by atoms with E-state index in [9.17, 15) is 8.42 Å². The summed E-state index contributed by atoms with van der Waals surface area (Å²) in [6.45, 7) is 3.23. The van der Waals surface area contributed by atoms with Crippen LogP contribution in [0.3, 0.4) is 0 Å². The Bertz CT molecular complexity index is 809. The Morgan fingerprint density at radius 2 is 2.12 bits per heavy atom. The van der Waals surface area contributed by atoms with Crippen molar-refractivity contribution in [2.45, 2.75) is 24.3 Å². The number of hydrogen-bond acceptors (Lipinski definition) is 5. The number of rotatable bonds is 5. The molecule has 0 unspecified atom stereocenters. The average molecular weight is 347 g/mol. The Morgan fingerprint density at radius 1 is 1.29 bits per heavy atom. The van der Waals surface area contributed by atoms with Crippen LogP contribution in [0.25, 0.3) is 0 Å². The van der Waals surface area contributed by atoms with E-state index in [4.69, 9.17) is 4.74 Å². The number of anilines is 1. The van der Waals surface area contributed by atoms with Crippen LogP contribution < -0.4 is 14.4 Å². The fourth-order valence-electron chi connectivity index (χ4n) is 2.88. The van der Waals surface area contributed by atoms with E-state index >= 15 is 0 Å². The molecule has 24 heavy (non-hydrogen) atoms. The zero-order chi connectivity index (χ0) is 17.2. The molecule has 0 radical (unpaired) electrons. The normalized spacial score (nSPS) is 17.9. The third-order valence-corrected chi connectivity index (χ3v) is 5.63. The van der Waals surface area contributed by atoms with Crippen molar-refractivity contribution < 1.29 is 13.2 Å². The average Bonchev–Trinajstić information content (AvgIpc) is 3.03. The monoisotopic (exact) mass is 347 g/mol. The minimum Gasteiger partial charge on any atom is -0.495 e. The molecule has 0 saturated carbocycles. The Morgan fingerprint density at radius 3 is 2.83 bits per heavy atom. The molecule has 2 aromatic rings. The number of ether oxygens (including phenoxy) is 1. The molecule has 2 heterocycles. The van der Waals surface area contributed by atoms with Crippen molar-refractivity contribution in [2.24, 2.45) is 0 Å². The van der Waals surface area contributed by atoms with Crippen molar-refractivity contribution in [3.63, 3.8) is 0 Å². The summed E-state index contributed by atoms with van der Waals surface area (Å²) in [5, 5.41) is 0. The Hall–Kier alpha value is -2.12. The van der Waals surface area contributed by atoms with Crippen LogP contribution in [0.2, 0.25) is 0 Å². The third-order valence-electron chi connectivity index (χ3n) is 4.09. The quantitative estimate of drug-likeness (QED) is 0.895. The molecule has 1 atom stereocenters. The van der Waals surface area contributed by atoms with Crippen LogP contribution in [0.5, 0.6) is 5.75 Å². The third kappa shape index (κ3) is 3.52. The molecule has 1 saturated heterocycles. The summed E-state index contributed by atoms with van der Waals surface area (Å²) in [7, 11) is -2.16. The molecule has 1 aliphatic heterocycles. The SMILES string of the molecule is COc1ccc(C)cc1S(=O)(=O)N[C@@H]1CCN(c2ccccn2)C1. The molecule has 6 nitrogen and oxygen atoms in total. The van der Waals surface area contributed by atoms with Crippen LogP contribution in [-0.2, 0) is 10.0 Å². The van der Waals surface area contributed by atoms with Crippen LogP contribution in [0.15, 0.2) is 47.5 Å². The Kier molecular flexibility index (Phi) is 4.73. The maximum Gasteiger partial charge on any atom is 0.244 e. The summed E-state index contributed by atoms with van der Waals surface area (Å²) in [5.41, 5.74) is 0.873. The summed E-state index contributed by atoms with van der Waals surface area (Å²) in [6.07, 6.45) is 2.48. The van der Waals surface area contributed by atoms with Crippen molar-refractivity contribution >= 4 is 15.8 Å². The molecule has 1 aliphatic rings. The number of sulfonamides is 1. The summed E-state index contributed by atoms with van der Waals surface area (Å²) in [5.74, 6) is 1.22. The first kappa shape index (κ1) is 16.7. The number of aryl methyl sites for hydroxylation is 1. The molecule has 1 fully saturated rings. The van der Waals surface area contributed by atoms with Gasteiger partial charge in [-0.2, -0.15) is 0 Å². The first-order chi connectivity index (χ1) is 11.5. The van der Waals surface area contributed by atoms with Gasteiger partial charge in [-0.25, -0.2) is 18.1 Å². The van der Waals surface area contributed by atoms with Crippen LogP contribution in [0.1, 0.15) is 12.0 Å². The predicted molar refractivity (Wildman–Crippen MR) is 92.9 cm³/mol. The van der Waals surface area contributed by atoms with Gasteiger partial charge in [0, 0.05) is 25.3 Å². The highest BCUT2D eigenvalue weighted by molar-refractivity contribution is 7.89. The number of hydrogen-bond donors (Lipinski definition) is 1. The maximum atomic E-state index is 12.7. The summed E-state index contributed by atoms with van der Waals surface area (Å²) >= 11 is 0. The lowest BCUT2D eigenvalue weighted by atomic mass is 10.2. The van der Waals surface area contributed by atoms with Crippen molar-refractivity contribution in [1.82, 2.24) is 9.71 Å². The fraction of sp³-hybridized carbons (Fsp3) is 0.353.